The third kappa shape index (κ3) is 2.27. The highest BCUT2D eigenvalue weighted by Gasteiger charge is 2.33. The van der Waals surface area contributed by atoms with Crippen LogP contribution in [0.2, 0.25) is 0 Å². The fraction of sp³-hybridized carbons (Fsp3) is 0.909. The second-order valence-corrected chi connectivity index (χ2v) is 4.63. The fourth-order valence-corrected chi connectivity index (χ4v) is 2.01. The van der Waals surface area contributed by atoms with Crippen LogP contribution in [0.3, 0.4) is 0 Å². The first-order valence-electron chi connectivity index (χ1n) is 5.55. The van der Waals surface area contributed by atoms with E-state index in [1.807, 2.05) is 25.8 Å². The molecule has 1 saturated carbocycles. The molecule has 82 valence electrons. The molecule has 1 unspecified atom stereocenters. The molecule has 0 aromatic carbocycles. The van der Waals surface area contributed by atoms with Crippen LogP contribution in [-0.2, 0) is 4.79 Å². The molecule has 1 rings (SSSR count). The highest BCUT2D eigenvalue weighted by molar-refractivity contribution is 5.85. The summed E-state index contributed by atoms with van der Waals surface area (Å²) in [5, 5.41) is 0. The van der Waals surface area contributed by atoms with Crippen molar-refractivity contribution in [1.82, 2.24) is 4.90 Å². The molecule has 1 aliphatic carbocycles. The van der Waals surface area contributed by atoms with E-state index >= 15 is 0 Å². The number of hydrogen-bond acceptors (Lipinski definition) is 2. The van der Waals surface area contributed by atoms with Gasteiger partial charge < -0.3 is 10.6 Å². The molecule has 1 amide bonds. The van der Waals surface area contributed by atoms with Crippen molar-refractivity contribution in [1.29, 1.82) is 0 Å². The summed E-state index contributed by atoms with van der Waals surface area (Å²) >= 11 is 0. The molecule has 3 nitrogen and oxygen atoms in total. The van der Waals surface area contributed by atoms with Crippen molar-refractivity contribution in [3.8, 4) is 0 Å². The SMILES string of the molecule is CCC(C)(N)C(=O)N(C)C1CCCC1. The molecule has 0 aromatic rings. The lowest BCUT2D eigenvalue weighted by molar-refractivity contribution is -0.137. The minimum atomic E-state index is -0.683. The molecule has 1 fully saturated rings. The Hall–Kier alpha value is -0.570. The molecule has 1 atom stereocenters. The first-order valence-corrected chi connectivity index (χ1v) is 5.55. The molecule has 3 heteroatoms. The Balaban J connectivity index is 2.59. The second kappa shape index (κ2) is 4.30. The zero-order valence-corrected chi connectivity index (χ0v) is 9.55. The lowest BCUT2D eigenvalue weighted by atomic mass is 9.98. The van der Waals surface area contributed by atoms with Crippen LogP contribution in [-0.4, -0.2) is 29.4 Å². The van der Waals surface area contributed by atoms with Crippen LogP contribution in [0.5, 0.6) is 0 Å². The number of amides is 1. The quantitative estimate of drug-likeness (QED) is 0.747. The van der Waals surface area contributed by atoms with E-state index in [-0.39, 0.29) is 5.91 Å². The standard InChI is InChI=1S/C11H22N2O/c1-4-11(2,12)10(14)13(3)9-7-5-6-8-9/h9H,4-8,12H2,1-3H3. The van der Waals surface area contributed by atoms with Gasteiger partial charge >= 0.3 is 0 Å². The van der Waals surface area contributed by atoms with Gasteiger partial charge in [-0.3, -0.25) is 4.79 Å². The van der Waals surface area contributed by atoms with E-state index in [0.717, 1.165) is 12.8 Å². The largest absolute Gasteiger partial charge is 0.341 e. The second-order valence-electron chi connectivity index (χ2n) is 4.63. The van der Waals surface area contributed by atoms with Crippen molar-refractivity contribution < 1.29 is 4.79 Å². The summed E-state index contributed by atoms with van der Waals surface area (Å²) < 4.78 is 0. The van der Waals surface area contributed by atoms with Crippen molar-refractivity contribution in [3.05, 3.63) is 0 Å². The van der Waals surface area contributed by atoms with Gasteiger partial charge in [0.1, 0.15) is 0 Å². The maximum atomic E-state index is 12.0. The number of hydrogen-bond donors (Lipinski definition) is 1. The summed E-state index contributed by atoms with van der Waals surface area (Å²) in [6.07, 6.45) is 5.47. The highest BCUT2D eigenvalue weighted by atomic mass is 16.2. The molecule has 0 spiro atoms. The van der Waals surface area contributed by atoms with Gasteiger partial charge in [-0.25, -0.2) is 0 Å². The van der Waals surface area contributed by atoms with Gasteiger partial charge in [0.25, 0.3) is 0 Å². The van der Waals surface area contributed by atoms with Crippen LogP contribution in [0.4, 0.5) is 0 Å². The zero-order valence-electron chi connectivity index (χ0n) is 9.55. The van der Waals surface area contributed by atoms with Gasteiger partial charge in [0.05, 0.1) is 5.54 Å². The van der Waals surface area contributed by atoms with Gasteiger partial charge in [-0.15, -0.1) is 0 Å². The van der Waals surface area contributed by atoms with Crippen molar-refractivity contribution in [3.63, 3.8) is 0 Å². The smallest absolute Gasteiger partial charge is 0.242 e. The van der Waals surface area contributed by atoms with Crippen LogP contribution >= 0.6 is 0 Å². The third-order valence-corrected chi connectivity index (χ3v) is 3.42. The topological polar surface area (TPSA) is 46.3 Å². The Morgan fingerprint density at radius 3 is 2.43 bits per heavy atom. The van der Waals surface area contributed by atoms with Crippen molar-refractivity contribution in [2.75, 3.05) is 7.05 Å². The van der Waals surface area contributed by atoms with Crippen LogP contribution in [0, 0.1) is 0 Å². The summed E-state index contributed by atoms with van der Waals surface area (Å²) in [5.74, 6) is 0.0897. The van der Waals surface area contributed by atoms with Gasteiger partial charge in [0.15, 0.2) is 0 Å². The zero-order chi connectivity index (χ0) is 10.8. The lowest BCUT2D eigenvalue weighted by Crippen LogP contribution is -2.53. The minimum absolute atomic E-state index is 0.0897. The Kier molecular flexibility index (Phi) is 3.53. The van der Waals surface area contributed by atoms with Crippen LogP contribution in [0.25, 0.3) is 0 Å². The maximum Gasteiger partial charge on any atom is 0.242 e. The molecule has 0 saturated heterocycles. The predicted molar refractivity (Wildman–Crippen MR) is 57.9 cm³/mol. The molecular weight excluding hydrogens is 176 g/mol. The monoisotopic (exact) mass is 198 g/mol. The average molecular weight is 198 g/mol. The molecule has 0 radical (unpaired) electrons. The molecule has 0 bridgehead atoms. The summed E-state index contributed by atoms with van der Waals surface area (Å²) in [6.45, 7) is 3.78. The van der Waals surface area contributed by atoms with Crippen LogP contribution in [0.15, 0.2) is 0 Å². The maximum absolute atomic E-state index is 12.0. The van der Waals surface area contributed by atoms with Gasteiger partial charge in [0.2, 0.25) is 5.91 Å². The van der Waals surface area contributed by atoms with Crippen molar-refractivity contribution >= 4 is 5.91 Å². The number of nitrogens with zero attached hydrogens (tertiary/aromatic N) is 1. The molecule has 2 N–H and O–H groups in total. The van der Waals surface area contributed by atoms with Gasteiger partial charge in [-0.1, -0.05) is 19.8 Å². The van der Waals surface area contributed by atoms with E-state index in [9.17, 15) is 4.79 Å². The van der Waals surface area contributed by atoms with Gasteiger partial charge in [-0.2, -0.15) is 0 Å². The van der Waals surface area contributed by atoms with Crippen LogP contribution in [0.1, 0.15) is 46.0 Å². The number of likely N-dealkylation sites (N-methyl/N-ethyl adjacent to an activating group) is 1. The third-order valence-electron chi connectivity index (χ3n) is 3.42. The van der Waals surface area contributed by atoms with E-state index in [2.05, 4.69) is 0 Å². The lowest BCUT2D eigenvalue weighted by Gasteiger charge is -2.32. The van der Waals surface area contributed by atoms with Crippen LogP contribution < -0.4 is 5.73 Å². The number of carbonyl (C=O) groups is 1. The van der Waals surface area contributed by atoms with Gasteiger partial charge in [0, 0.05) is 13.1 Å². The highest BCUT2D eigenvalue weighted by Crippen LogP contribution is 2.24. The Morgan fingerprint density at radius 1 is 1.50 bits per heavy atom. The van der Waals surface area contributed by atoms with E-state index in [4.69, 9.17) is 5.73 Å². The van der Waals surface area contributed by atoms with E-state index in [1.165, 1.54) is 12.8 Å². The first kappa shape index (κ1) is 11.5. The summed E-state index contributed by atoms with van der Waals surface area (Å²) in [6, 6.07) is 0.428. The van der Waals surface area contributed by atoms with Crippen molar-refractivity contribution in [2.24, 2.45) is 5.73 Å². The molecule has 0 aromatic heterocycles. The Labute approximate surface area is 86.6 Å². The molecule has 1 aliphatic rings. The molecule has 0 aliphatic heterocycles. The van der Waals surface area contributed by atoms with E-state index in [1.54, 1.807) is 0 Å². The average Bonchev–Trinajstić information content (AvgIpc) is 2.68. The van der Waals surface area contributed by atoms with Crippen molar-refractivity contribution in [2.45, 2.75) is 57.5 Å². The number of rotatable bonds is 3. The number of carbonyl (C=O) groups excluding carboxylic acids is 1. The predicted octanol–water partition coefficient (Wildman–Crippen LogP) is 1.51. The Morgan fingerprint density at radius 2 is 2.00 bits per heavy atom. The summed E-state index contributed by atoms with van der Waals surface area (Å²) in [5.41, 5.74) is 5.25. The first-order chi connectivity index (χ1) is 6.49. The fourth-order valence-electron chi connectivity index (χ4n) is 2.01. The van der Waals surface area contributed by atoms with Gasteiger partial charge in [-0.05, 0) is 26.2 Å². The normalized spacial score (nSPS) is 22.0. The summed E-state index contributed by atoms with van der Waals surface area (Å²) in [4.78, 5) is 13.8. The molecule has 0 heterocycles. The minimum Gasteiger partial charge on any atom is -0.341 e. The van der Waals surface area contributed by atoms with E-state index < -0.39 is 5.54 Å². The summed E-state index contributed by atoms with van der Waals surface area (Å²) in [7, 11) is 1.89. The Bertz CT molecular complexity index is 207. The number of nitrogens with two attached hydrogens (primary N) is 1. The van der Waals surface area contributed by atoms with E-state index in [0.29, 0.717) is 12.5 Å². The molecular formula is C11H22N2O. The molecule has 14 heavy (non-hydrogen) atoms.